The van der Waals surface area contributed by atoms with Crippen molar-refractivity contribution in [2.75, 3.05) is 50.7 Å². The van der Waals surface area contributed by atoms with E-state index in [1.807, 2.05) is 6.07 Å². The third-order valence-corrected chi connectivity index (χ3v) is 8.43. The van der Waals surface area contributed by atoms with Crippen LogP contribution in [0, 0.1) is 0 Å². The van der Waals surface area contributed by atoms with Crippen LogP contribution in [0.4, 0.5) is 5.69 Å². The van der Waals surface area contributed by atoms with Gasteiger partial charge in [0.25, 0.3) is 15.9 Å². The number of nitrogens with zero attached hydrogens (tertiary/aromatic N) is 4. The molecule has 9 nitrogen and oxygen atoms in total. The van der Waals surface area contributed by atoms with E-state index in [1.54, 1.807) is 47.1 Å². The molecule has 0 spiro atoms. The minimum atomic E-state index is -3.86. The van der Waals surface area contributed by atoms with E-state index in [0.29, 0.717) is 28.5 Å². The Balaban J connectivity index is 1.52. The molecular weight excluding hydrogens is 490 g/mol. The summed E-state index contributed by atoms with van der Waals surface area (Å²) >= 11 is 6.48. The Hall–Kier alpha value is -2.92. The number of amides is 1. The number of para-hydroxylation sites is 1. The summed E-state index contributed by atoms with van der Waals surface area (Å²) < 4.78 is 34.7. The lowest BCUT2D eigenvalue weighted by molar-refractivity contribution is 0.0374. The standard InChI is InChI=1S/C24H26ClN5O4S/c1-28-23-21(24(31)26-11-6-12-29-13-15-34-16-14-29)27-30(19-9-4-3-8-18(19)25)22(23)17-7-2-5-10-20(17)35(28,32)33/h2-5,7-10H,6,11-16H2,1H3,(H,26,31). The predicted molar refractivity (Wildman–Crippen MR) is 134 cm³/mol. The zero-order chi connectivity index (χ0) is 24.6. The van der Waals surface area contributed by atoms with Gasteiger partial charge in [0.2, 0.25) is 0 Å². The lowest BCUT2D eigenvalue weighted by atomic mass is 10.1. The number of anilines is 1. The molecule has 0 radical (unpaired) electrons. The molecule has 35 heavy (non-hydrogen) atoms. The van der Waals surface area contributed by atoms with Crippen LogP contribution in [0.5, 0.6) is 0 Å². The molecule has 1 saturated heterocycles. The lowest BCUT2D eigenvalue weighted by Crippen LogP contribution is -2.38. The van der Waals surface area contributed by atoms with Crippen LogP contribution < -0.4 is 9.62 Å². The maximum absolute atomic E-state index is 13.3. The molecule has 1 aromatic heterocycles. The smallest absolute Gasteiger partial charge is 0.274 e. The predicted octanol–water partition coefficient (Wildman–Crippen LogP) is 2.78. The Kier molecular flexibility index (Phi) is 6.54. The molecule has 0 atom stereocenters. The van der Waals surface area contributed by atoms with Gasteiger partial charge in [0, 0.05) is 32.2 Å². The third-order valence-electron chi connectivity index (χ3n) is 6.29. The molecule has 1 fully saturated rings. The minimum Gasteiger partial charge on any atom is -0.379 e. The number of halogens is 1. The summed E-state index contributed by atoms with van der Waals surface area (Å²) in [6.45, 7) is 4.49. The molecule has 2 aliphatic heterocycles. The highest BCUT2D eigenvalue weighted by atomic mass is 35.5. The van der Waals surface area contributed by atoms with Gasteiger partial charge in [0.05, 0.1) is 28.8 Å². The number of hydrogen-bond acceptors (Lipinski definition) is 6. The Labute approximate surface area is 209 Å². The molecule has 3 aromatic rings. The van der Waals surface area contributed by atoms with Gasteiger partial charge in [0.1, 0.15) is 11.4 Å². The first kappa shape index (κ1) is 23.8. The van der Waals surface area contributed by atoms with E-state index in [0.717, 1.165) is 43.6 Å². The highest BCUT2D eigenvalue weighted by molar-refractivity contribution is 7.93. The molecule has 0 bridgehead atoms. The number of ether oxygens (including phenoxy) is 1. The fraction of sp³-hybridized carbons (Fsp3) is 0.333. The van der Waals surface area contributed by atoms with Crippen molar-refractivity contribution in [3.8, 4) is 16.9 Å². The van der Waals surface area contributed by atoms with Crippen LogP contribution in [0.15, 0.2) is 53.4 Å². The van der Waals surface area contributed by atoms with Crippen LogP contribution >= 0.6 is 11.6 Å². The summed E-state index contributed by atoms with van der Waals surface area (Å²) in [7, 11) is -2.42. The number of nitrogens with one attached hydrogen (secondary N) is 1. The van der Waals surface area contributed by atoms with Crippen molar-refractivity contribution < 1.29 is 17.9 Å². The number of morpholine rings is 1. The lowest BCUT2D eigenvalue weighted by Gasteiger charge is -2.27. The average Bonchev–Trinajstić information content (AvgIpc) is 3.27. The van der Waals surface area contributed by atoms with Crippen LogP contribution in [-0.2, 0) is 14.8 Å². The van der Waals surface area contributed by atoms with E-state index < -0.39 is 15.9 Å². The quantitative estimate of drug-likeness (QED) is 0.507. The monoisotopic (exact) mass is 515 g/mol. The molecule has 11 heteroatoms. The maximum Gasteiger partial charge on any atom is 0.274 e. The second-order valence-electron chi connectivity index (χ2n) is 8.44. The van der Waals surface area contributed by atoms with E-state index in [4.69, 9.17) is 16.3 Å². The third kappa shape index (κ3) is 4.31. The van der Waals surface area contributed by atoms with Gasteiger partial charge in [-0.05, 0) is 31.2 Å². The number of sulfonamides is 1. The topological polar surface area (TPSA) is 96.8 Å². The van der Waals surface area contributed by atoms with Gasteiger partial charge in [-0.25, -0.2) is 13.1 Å². The average molecular weight is 516 g/mol. The molecule has 0 aliphatic carbocycles. The van der Waals surface area contributed by atoms with Crippen molar-refractivity contribution in [2.24, 2.45) is 0 Å². The van der Waals surface area contributed by atoms with Crippen molar-refractivity contribution in [3.05, 3.63) is 59.2 Å². The zero-order valence-electron chi connectivity index (χ0n) is 19.3. The van der Waals surface area contributed by atoms with E-state index in [1.165, 1.54) is 7.05 Å². The Morgan fingerprint density at radius 2 is 1.83 bits per heavy atom. The molecule has 2 aromatic carbocycles. The summed E-state index contributed by atoms with van der Waals surface area (Å²) in [5.74, 6) is -0.435. The number of rotatable bonds is 6. The summed E-state index contributed by atoms with van der Waals surface area (Å²) in [4.78, 5) is 15.7. The number of carbonyl (C=O) groups is 1. The van der Waals surface area contributed by atoms with Crippen LogP contribution in [0.1, 0.15) is 16.9 Å². The summed E-state index contributed by atoms with van der Waals surface area (Å²) in [6.07, 6.45) is 0.760. The SMILES string of the molecule is CN1c2c(C(=O)NCCCN3CCOCC3)nn(-c3ccccc3Cl)c2-c2ccccc2S1(=O)=O. The summed E-state index contributed by atoms with van der Waals surface area (Å²) in [5.41, 5.74) is 1.80. The zero-order valence-corrected chi connectivity index (χ0v) is 20.8. The Morgan fingerprint density at radius 1 is 1.11 bits per heavy atom. The molecular formula is C24H26ClN5O4S. The minimum absolute atomic E-state index is 0.0341. The van der Waals surface area contributed by atoms with Crippen molar-refractivity contribution in [1.29, 1.82) is 0 Å². The van der Waals surface area contributed by atoms with Crippen molar-refractivity contribution in [1.82, 2.24) is 20.0 Å². The molecule has 3 heterocycles. The van der Waals surface area contributed by atoms with Crippen LogP contribution in [-0.4, -0.2) is 75.4 Å². The number of hydrogen-bond donors (Lipinski definition) is 1. The number of benzene rings is 2. The van der Waals surface area contributed by atoms with Crippen LogP contribution in [0.25, 0.3) is 16.9 Å². The molecule has 5 rings (SSSR count). The van der Waals surface area contributed by atoms with E-state index in [2.05, 4.69) is 15.3 Å². The molecule has 1 N–H and O–H groups in total. The molecule has 1 amide bonds. The van der Waals surface area contributed by atoms with Crippen LogP contribution in [0.3, 0.4) is 0 Å². The van der Waals surface area contributed by atoms with Gasteiger partial charge >= 0.3 is 0 Å². The first-order chi connectivity index (χ1) is 16.9. The van der Waals surface area contributed by atoms with Crippen molar-refractivity contribution in [3.63, 3.8) is 0 Å². The van der Waals surface area contributed by atoms with E-state index in [9.17, 15) is 13.2 Å². The normalized spacial score (nSPS) is 17.0. The Morgan fingerprint density at radius 3 is 2.60 bits per heavy atom. The Bertz CT molecular complexity index is 1370. The first-order valence-electron chi connectivity index (χ1n) is 11.4. The van der Waals surface area contributed by atoms with Gasteiger partial charge < -0.3 is 10.1 Å². The van der Waals surface area contributed by atoms with E-state index >= 15 is 0 Å². The maximum atomic E-state index is 13.3. The van der Waals surface area contributed by atoms with Gasteiger partial charge in [-0.2, -0.15) is 5.10 Å². The van der Waals surface area contributed by atoms with Gasteiger partial charge in [-0.1, -0.05) is 41.9 Å². The molecule has 184 valence electrons. The van der Waals surface area contributed by atoms with Gasteiger partial charge in [-0.15, -0.1) is 0 Å². The van der Waals surface area contributed by atoms with Gasteiger partial charge in [-0.3, -0.25) is 14.0 Å². The number of fused-ring (bicyclic) bond motifs is 3. The van der Waals surface area contributed by atoms with Crippen molar-refractivity contribution >= 4 is 33.2 Å². The second-order valence-corrected chi connectivity index (χ2v) is 10.8. The van der Waals surface area contributed by atoms with E-state index in [-0.39, 0.29) is 16.3 Å². The molecule has 2 aliphatic rings. The highest BCUT2D eigenvalue weighted by Crippen LogP contribution is 2.45. The molecule has 0 saturated carbocycles. The fourth-order valence-corrected chi connectivity index (χ4v) is 6.09. The fourth-order valence-electron chi connectivity index (χ4n) is 4.47. The number of aromatic nitrogens is 2. The summed E-state index contributed by atoms with van der Waals surface area (Å²) in [6, 6.07) is 13.8. The molecule has 0 unspecified atom stereocenters. The highest BCUT2D eigenvalue weighted by Gasteiger charge is 2.39. The number of carbonyl (C=O) groups excluding carboxylic acids is 1. The largest absolute Gasteiger partial charge is 0.379 e. The van der Waals surface area contributed by atoms with Crippen molar-refractivity contribution in [2.45, 2.75) is 11.3 Å². The summed E-state index contributed by atoms with van der Waals surface area (Å²) in [5, 5.41) is 7.94. The van der Waals surface area contributed by atoms with Gasteiger partial charge in [0.15, 0.2) is 5.69 Å². The second kappa shape index (κ2) is 9.62. The van der Waals surface area contributed by atoms with Crippen LogP contribution in [0.2, 0.25) is 5.02 Å². The first-order valence-corrected chi connectivity index (χ1v) is 13.3.